The molecule has 0 unspecified atom stereocenters. The number of esters is 1. The van der Waals surface area contributed by atoms with Gasteiger partial charge in [-0.25, -0.2) is 0 Å². The number of amides is 3. The molecular formula is C37H51N3O7. The first-order valence-electron chi connectivity index (χ1n) is 17.1. The van der Waals surface area contributed by atoms with Crippen molar-refractivity contribution in [2.24, 2.45) is 17.3 Å². The number of hydrogen-bond acceptors (Lipinski definition) is 7. The van der Waals surface area contributed by atoms with E-state index in [1.54, 1.807) is 11.0 Å². The first kappa shape index (κ1) is 34.8. The number of rotatable bonds is 8. The lowest BCUT2D eigenvalue weighted by molar-refractivity contribution is -0.160. The predicted octanol–water partition coefficient (Wildman–Crippen LogP) is 4.09. The first-order valence-corrected chi connectivity index (χ1v) is 17.1. The standard InChI is InChI=1S/C37H51N3O7/c1-35(2,3)24-36(4,5)40-21-13-7-11-17-28(42)38-23-27(25-15-9-6-10-16-25)46-34(45)29-26-18-19-37(47-26)30(29)32(43)39(31(37)33(40)44)20-12-8-14-22-41/h6-7,9-10,13,15-16,18-19,26-27,29-31,41H,8,11-12,14,17,20-24H2,1-5H3,(H,38,42)/b13-7-/t26-,27-,29+,30+,31-,37+/m0/s1. The van der Waals surface area contributed by atoms with Crippen molar-refractivity contribution in [2.45, 2.75) is 103 Å². The number of carbonyl (C=O) groups is 4. The van der Waals surface area contributed by atoms with E-state index in [9.17, 15) is 19.5 Å². The second kappa shape index (κ2) is 13.9. The lowest BCUT2D eigenvalue weighted by Crippen LogP contribution is -2.60. The highest BCUT2D eigenvalue weighted by Gasteiger charge is 2.73. The second-order valence-electron chi connectivity index (χ2n) is 15.2. The fraction of sp³-hybridized carbons (Fsp3) is 0.622. The van der Waals surface area contributed by atoms with Crippen LogP contribution in [0.15, 0.2) is 54.6 Å². The fourth-order valence-corrected chi connectivity index (χ4v) is 8.13. The topological polar surface area (TPSA) is 125 Å². The Balaban J connectivity index is 1.57. The summed E-state index contributed by atoms with van der Waals surface area (Å²) in [5.41, 5.74) is -1.28. The summed E-state index contributed by atoms with van der Waals surface area (Å²) in [4.78, 5) is 59.9. The van der Waals surface area contributed by atoms with Gasteiger partial charge in [0, 0.05) is 31.7 Å². The van der Waals surface area contributed by atoms with Crippen molar-refractivity contribution in [3.63, 3.8) is 0 Å². The van der Waals surface area contributed by atoms with Gasteiger partial charge in [-0.3, -0.25) is 19.2 Å². The summed E-state index contributed by atoms with van der Waals surface area (Å²) in [5, 5.41) is 12.3. The van der Waals surface area contributed by atoms with Gasteiger partial charge < -0.3 is 29.7 Å². The maximum absolute atomic E-state index is 15.0. The van der Waals surface area contributed by atoms with Gasteiger partial charge >= 0.3 is 5.97 Å². The largest absolute Gasteiger partial charge is 0.455 e. The van der Waals surface area contributed by atoms with Crippen molar-refractivity contribution < 1.29 is 33.8 Å². The summed E-state index contributed by atoms with van der Waals surface area (Å²) in [7, 11) is 0. The number of aliphatic hydroxyl groups excluding tert-OH is 1. The van der Waals surface area contributed by atoms with E-state index >= 15 is 4.79 Å². The number of aliphatic hydroxyl groups is 1. The zero-order chi connectivity index (χ0) is 34.0. The van der Waals surface area contributed by atoms with Gasteiger partial charge in [-0.1, -0.05) is 75.4 Å². The van der Waals surface area contributed by atoms with E-state index in [0.717, 1.165) is 5.56 Å². The number of allylic oxidation sites excluding steroid dienone is 1. The van der Waals surface area contributed by atoms with Gasteiger partial charge in [0.2, 0.25) is 17.7 Å². The quantitative estimate of drug-likeness (QED) is 0.247. The van der Waals surface area contributed by atoms with Crippen molar-refractivity contribution in [1.29, 1.82) is 0 Å². The third-order valence-corrected chi connectivity index (χ3v) is 9.80. The molecule has 256 valence electrons. The summed E-state index contributed by atoms with van der Waals surface area (Å²) in [6, 6.07) is 8.26. The fourth-order valence-electron chi connectivity index (χ4n) is 8.13. The van der Waals surface area contributed by atoms with E-state index in [2.05, 4.69) is 26.1 Å². The highest BCUT2D eigenvalue weighted by atomic mass is 16.6. The van der Waals surface area contributed by atoms with Crippen LogP contribution in [0.1, 0.15) is 84.8 Å². The highest BCUT2D eigenvalue weighted by Crippen LogP contribution is 2.56. The van der Waals surface area contributed by atoms with Gasteiger partial charge in [-0.2, -0.15) is 0 Å². The number of cyclic esters (lactones) is 1. The van der Waals surface area contributed by atoms with Gasteiger partial charge in [0.15, 0.2) is 0 Å². The number of fused-ring (bicyclic) bond motifs is 2. The third-order valence-electron chi connectivity index (χ3n) is 9.80. The average Bonchev–Trinajstić information content (AvgIpc) is 3.65. The van der Waals surface area contributed by atoms with Crippen molar-refractivity contribution in [1.82, 2.24) is 15.1 Å². The molecule has 2 saturated heterocycles. The van der Waals surface area contributed by atoms with Crippen molar-refractivity contribution >= 4 is 23.7 Å². The van der Waals surface area contributed by atoms with E-state index in [1.807, 2.05) is 67.3 Å². The minimum atomic E-state index is -1.32. The van der Waals surface area contributed by atoms with E-state index < -0.39 is 47.2 Å². The number of unbranched alkanes of at least 4 members (excludes halogenated alkanes) is 2. The van der Waals surface area contributed by atoms with Crippen LogP contribution in [0.2, 0.25) is 0 Å². The molecule has 3 amide bonds. The van der Waals surface area contributed by atoms with Gasteiger partial charge in [0.25, 0.3) is 0 Å². The molecule has 4 aliphatic rings. The van der Waals surface area contributed by atoms with E-state index in [1.165, 1.54) is 0 Å². The zero-order valence-corrected chi connectivity index (χ0v) is 28.4. The first-order chi connectivity index (χ1) is 22.3. The smallest absolute Gasteiger partial charge is 0.313 e. The Labute approximate surface area is 278 Å². The Morgan fingerprint density at radius 1 is 0.979 bits per heavy atom. The van der Waals surface area contributed by atoms with Gasteiger partial charge in [-0.05, 0) is 56.9 Å². The SMILES string of the molecule is CC(C)(C)CC(C)(C)N1C/C=C\CCC(=O)NC[C@@H](c2ccccc2)OC(=O)[C@@H]2[C@@H]3C=C[C@]4(O3)[C@H](C1=O)N(CCCCCO)C(=O)[C@@H]24. The minimum Gasteiger partial charge on any atom is -0.455 e. The zero-order valence-electron chi connectivity index (χ0n) is 28.4. The monoisotopic (exact) mass is 649 g/mol. The Bertz CT molecular complexity index is 1380. The Morgan fingerprint density at radius 3 is 2.43 bits per heavy atom. The summed E-state index contributed by atoms with van der Waals surface area (Å²) >= 11 is 0. The number of hydrogen-bond donors (Lipinski definition) is 2. The van der Waals surface area contributed by atoms with Gasteiger partial charge in [-0.15, -0.1) is 0 Å². The summed E-state index contributed by atoms with van der Waals surface area (Å²) in [5.74, 6) is -3.16. The molecule has 5 rings (SSSR count). The molecule has 1 aromatic rings. The summed E-state index contributed by atoms with van der Waals surface area (Å²) in [6.45, 7) is 11.2. The Morgan fingerprint density at radius 2 is 1.72 bits per heavy atom. The van der Waals surface area contributed by atoms with Crippen LogP contribution >= 0.6 is 0 Å². The van der Waals surface area contributed by atoms with Gasteiger partial charge in [0.05, 0.1) is 18.6 Å². The van der Waals surface area contributed by atoms with Crippen LogP contribution in [0.5, 0.6) is 0 Å². The second-order valence-corrected chi connectivity index (χ2v) is 15.2. The lowest BCUT2D eigenvalue weighted by Gasteiger charge is -2.45. The molecule has 0 aromatic heterocycles. The molecule has 0 saturated carbocycles. The lowest BCUT2D eigenvalue weighted by atomic mass is 9.74. The van der Waals surface area contributed by atoms with Crippen molar-refractivity contribution in [3.05, 3.63) is 60.2 Å². The molecule has 10 heteroatoms. The van der Waals surface area contributed by atoms with Crippen LogP contribution in [0.3, 0.4) is 0 Å². The predicted molar refractivity (Wildman–Crippen MR) is 177 cm³/mol. The number of nitrogens with zero attached hydrogens (tertiary/aromatic N) is 2. The Hall–Kier alpha value is -3.50. The molecule has 10 nitrogen and oxygen atoms in total. The van der Waals surface area contributed by atoms with E-state index in [0.29, 0.717) is 45.2 Å². The highest BCUT2D eigenvalue weighted by molar-refractivity contribution is 5.99. The maximum Gasteiger partial charge on any atom is 0.313 e. The molecule has 47 heavy (non-hydrogen) atoms. The van der Waals surface area contributed by atoms with Crippen LogP contribution in [0, 0.1) is 17.3 Å². The molecule has 5 bridgehead atoms. The normalized spacial score (nSPS) is 30.8. The maximum atomic E-state index is 15.0. The van der Waals surface area contributed by atoms with Crippen molar-refractivity contribution in [3.8, 4) is 0 Å². The molecule has 0 aliphatic carbocycles. The molecular weight excluding hydrogens is 598 g/mol. The van der Waals surface area contributed by atoms with E-state index in [4.69, 9.17) is 9.47 Å². The summed E-state index contributed by atoms with van der Waals surface area (Å²) < 4.78 is 12.7. The minimum absolute atomic E-state index is 0.0501. The molecule has 2 N–H and O–H groups in total. The van der Waals surface area contributed by atoms with Crippen LogP contribution in [-0.4, -0.2) is 88.1 Å². The number of likely N-dealkylation sites (tertiary alicyclic amines) is 1. The van der Waals surface area contributed by atoms with E-state index in [-0.39, 0.29) is 42.7 Å². The summed E-state index contributed by atoms with van der Waals surface area (Å²) in [6.07, 6.45) is 9.29. The molecule has 0 radical (unpaired) electrons. The van der Waals surface area contributed by atoms with Gasteiger partial charge in [0.1, 0.15) is 23.7 Å². The molecule has 4 heterocycles. The number of carbonyl (C=O) groups excluding carboxylic acids is 4. The number of benzene rings is 1. The third kappa shape index (κ3) is 7.18. The number of ether oxygens (including phenoxy) is 2. The number of nitrogens with one attached hydrogen (secondary N) is 1. The van der Waals surface area contributed by atoms with Crippen LogP contribution in [-0.2, 0) is 28.7 Å². The molecule has 2 fully saturated rings. The van der Waals surface area contributed by atoms with Crippen LogP contribution < -0.4 is 5.32 Å². The van der Waals surface area contributed by atoms with Crippen LogP contribution in [0.4, 0.5) is 0 Å². The Kier molecular flexibility index (Phi) is 10.3. The van der Waals surface area contributed by atoms with Crippen molar-refractivity contribution in [2.75, 3.05) is 26.2 Å². The molecule has 4 aliphatic heterocycles. The molecule has 1 aromatic carbocycles. The average molecular weight is 650 g/mol. The molecule has 1 spiro atoms. The molecule has 6 atom stereocenters. The van der Waals surface area contributed by atoms with Crippen LogP contribution in [0.25, 0.3) is 0 Å².